The molecule has 1 aliphatic carbocycles. The minimum Gasteiger partial charge on any atom is -0.454 e. The van der Waals surface area contributed by atoms with Crippen molar-refractivity contribution in [3.63, 3.8) is 0 Å². The van der Waals surface area contributed by atoms with Crippen LogP contribution in [-0.2, 0) is 11.2 Å². The van der Waals surface area contributed by atoms with E-state index in [0.717, 1.165) is 42.6 Å². The van der Waals surface area contributed by atoms with Crippen LogP contribution in [0.3, 0.4) is 0 Å². The number of carbonyl (C=O) groups excluding carboxylic acids is 1. The van der Waals surface area contributed by atoms with Crippen molar-refractivity contribution in [1.29, 1.82) is 0 Å². The van der Waals surface area contributed by atoms with E-state index < -0.39 is 11.6 Å². The smallest absolute Gasteiger partial charge is 0.230 e. The van der Waals surface area contributed by atoms with Gasteiger partial charge in [-0.3, -0.25) is 4.79 Å². The summed E-state index contributed by atoms with van der Waals surface area (Å²) < 4.78 is 33.6. The first-order valence-corrected chi connectivity index (χ1v) is 9.73. The van der Waals surface area contributed by atoms with Crippen LogP contribution >= 0.6 is 15.9 Å². The maximum atomic E-state index is 13.6. The van der Waals surface area contributed by atoms with Crippen molar-refractivity contribution in [2.45, 2.75) is 38.6 Å². The highest BCUT2D eigenvalue weighted by atomic mass is 79.9. The van der Waals surface area contributed by atoms with E-state index in [4.69, 9.17) is 10.5 Å². The minimum atomic E-state index is -1.03. The molecule has 0 bridgehead atoms. The molecule has 0 aromatic heterocycles. The summed E-state index contributed by atoms with van der Waals surface area (Å²) in [5.74, 6) is -1.28. The predicted octanol–water partition coefficient (Wildman–Crippen LogP) is 5.18. The molecule has 1 saturated carbocycles. The number of nitrogens with zero attached hydrogens (tertiary/aromatic N) is 1. The zero-order chi connectivity index (χ0) is 19.3. The number of anilines is 2. The fraction of sp³-hybridized carbons (Fsp3) is 0.350. The van der Waals surface area contributed by atoms with E-state index in [9.17, 15) is 13.6 Å². The van der Waals surface area contributed by atoms with Crippen LogP contribution in [0.15, 0.2) is 28.7 Å². The van der Waals surface area contributed by atoms with E-state index >= 15 is 0 Å². The molecule has 0 saturated heterocycles. The lowest BCUT2D eigenvalue weighted by atomic mass is 9.95. The molecule has 4 rings (SSSR count). The first-order valence-electron chi connectivity index (χ1n) is 8.93. The number of nitrogens with two attached hydrogens (primary N) is 1. The highest BCUT2D eigenvalue weighted by Crippen LogP contribution is 2.45. The summed E-state index contributed by atoms with van der Waals surface area (Å²) in [6, 6.07) is 5.65. The molecule has 1 aliphatic heterocycles. The second-order valence-electron chi connectivity index (χ2n) is 7.15. The van der Waals surface area contributed by atoms with E-state index in [1.54, 1.807) is 6.07 Å². The molecule has 0 radical (unpaired) electrons. The van der Waals surface area contributed by atoms with Gasteiger partial charge < -0.3 is 15.4 Å². The van der Waals surface area contributed by atoms with Crippen LogP contribution < -0.4 is 15.4 Å². The maximum Gasteiger partial charge on any atom is 0.230 e. The fourth-order valence-electron chi connectivity index (χ4n) is 3.49. The normalized spacial score (nSPS) is 19.0. The molecule has 1 heterocycles. The van der Waals surface area contributed by atoms with Crippen molar-refractivity contribution in [2.24, 2.45) is 5.92 Å². The summed E-state index contributed by atoms with van der Waals surface area (Å²) in [4.78, 5) is 14.6. The molecule has 1 atom stereocenters. The highest BCUT2D eigenvalue weighted by Gasteiger charge is 2.39. The van der Waals surface area contributed by atoms with Crippen molar-refractivity contribution >= 4 is 33.2 Å². The molecule has 0 spiro atoms. The fourth-order valence-corrected chi connectivity index (χ4v) is 3.94. The number of nitrogen functional groups attached to an aromatic ring is 1. The number of halogens is 3. The molecule has 7 heteroatoms. The second-order valence-corrected chi connectivity index (χ2v) is 8.00. The van der Waals surface area contributed by atoms with Crippen LogP contribution in [0.5, 0.6) is 11.5 Å². The first kappa shape index (κ1) is 18.2. The first-order chi connectivity index (χ1) is 12.9. The highest BCUT2D eigenvalue weighted by molar-refractivity contribution is 9.10. The summed E-state index contributed by atoms with van der Waals surface area (Å²) in [6.07, 6.45) is 3.38. The Morgan fingerprint density at radius 3 is 2.63 bits per heavy atom. The van der Waals surface area contributed by atoms with Crippen molar-refractivity contribution < 1.29 is 18.3 Å². The van der Waals surface area contributed by atoms with Gasteiger partial charge in [-0.2, -0.15) is 0 Å². The summed E-state index contributed by atoms with van der Waals surface area (Å²) >= 11 is 3.47. The van der Waals surface area contributed by atoms with E-state index in [1.165, 1.54) is 0 Å². The Balaban J connectivity index is 1.77. The number of ether oxygens (including phenoxy) is 1. The molecular weight excluding hydrogens is 418 g/mol. The van der Waals surface area contributed by atoms with Crippen molar-refractivity contribution in [3.8, 4) is 11.5 Å². The van der Waals surface area contributed by atoms with Gasteiger partial charge in [0, 0.05) is 29.7 Å². The summed E-state index contributed by atoms with van der Waals surface area (Å²) in [5, 5.41) is 0. The lowest BCUT2D eigenvalue weighted by molar-refractivity contribution is -0.120. The van der Waals surface area contributed by atoms with Crippen LogP contribution in [0.2, 0.25) is 0 Å². The van der Waals surface area contributed by atoms with Crippen LogP contribution in [0.4, 0.5) is 20.2 Å². The lowest BCUT2D eigenvalue weighted by Gasteiger charge is -2.36. The van der Waals surface area contributed by atoms with Gasteiger partial charge in [0.05, 0.1) is 15.8 Å². The quantitative estimate of drug-likeness (QED) is 0.674. The van der Waals surface area contributed by atoms with Gasteiger partial charge in [-0.25, -0.2) is 8.78 Å². The largest absolute Gasteiger partial charge is 0.454 e. The molecule has 2 aliphatic rings. The van der Waals surface area contributed by atoms with Gasteiger partial charge in [-0.15, -0.1) is 0 Å². The SMILES string of the molecule is CC1CCc2c(ccc(Br)c2Oc2cc(F)c(F)cc2N)N1C(=O)C1CC1. The molecule has 2 aromatic carbocycles. The average Bonchev–Trinajstić information content (AvgIpc) is 3.46. The number of carbonyl (C=O) groups is 1. The Kier molecular flexibility index (Phi) is 4.58. The standard InChI is InChI=1S/C20H19BrF2N2O2/c1-10-2-5-12-17(25(10)20(26)11-3-4-11)7-6-13(21)19(12)27-18-9-15(23)14(22)8-16(18)24/h6-11H,2-5,24H2,1H3. The molecule has 1 fully saturated rings. The molecule has 4 nitrogen and oxygen atoms in total. The van der Waals surface area contributed by atoms with Gasteiger partial charge in [0.1, 0.15) is 5.75 Å². The van der Waals surface area contributed by atoms with Crippen LogP contribution in [0.25, 0.3) is 0 Å². The number of rotatable bonds is 3. The van der Waals surface area contributed by atoms with Gasteiger partial charge >= 0.3 is 0 Å². The summed E-state index contributed by atoms with van der Waals surface area (Å²) in [5.41, 5.74) is 7.48. The van der Waals surface area contributed by atoms with E-state index in [2.05, 4.69) is 15.9 Å². The van der Waals surface area contributed by atoms with Gasteiger partial charge in [0.15, 0.2) is 17.4 Å². The minimum absolute atomic E-state index is 0.00786. The predicted molar refractivity (Wildman–Crippen MR) is 103 cm³/mol. The molecule has 1 amide bonds. The van der Waals surface area contributed by atoms with Crippen molar-refractivity contribution in [3.05, 3.63) is 45.9 Å². The van der Waals surface area contributed by atoms with Gasteiger partial charge in [-0.1, -0.05) is 0 Å². The zero-order valence-electron chi connectivity index (χ0n) is 14.8. The number of hydrogen-bond acceptors (Lipinski definition) is 3. The van der Waals surface area contributed by atoms with Crippen molar-refractivity contribution in [2.75, 3.05) is 10.6 Å². The molecular formula is C20H19BrF2N2O2. The van der Waals surface area contributed by atoms with Crippen LogP contribution in [0, 0.1) is 17.6 Å². The number of hydrogen-bond donors (Lipinski definition) is 1. The zero-order valence-corrected chi connectivity index (χ0v) is 16.4. The molecule has 1 unspecified atom stereocenters. The molecule has 2 N–H and O–H groups in total. The Morgan fingerprint density at radius 2 is 1.93 bits per heavy atom. The van der Waals surface area contributed by atoms with E-state index in [-0.39, 0.29) is 29.3 Å². The molecule has 2 aromatic rings. The second kappa shape index (κ2) is 6.78. The Labute approximate surface area is 164 Å². The Morgan fingerprint density at radius 1 is 1.22 bits per heavy atom. The van der Waals surface area contributed by atoms with Crippen LogP contribution in [-0.4, -0.2) is 11.9 Å². The summed E-state index contributed by atoms with van der Waals surface area (Å²) in [7, 11) is 0. The van der Waals surface area contributed by atoms with Gasteiger partial charge in [0.25, 0.3) is 0 Å². The van der Waals surface area contributed by atoms with E-state index in [0.29, 0.717) is 16.6 Å². The molecule has 27 heavy (non-hydrogen) atoms. The summed E-state index contributed by atoms with van der Waals surface area (Å²) in [6.45, 7) is 2.04. The van der Waals surface area contributed by atoms with E-state index in [1.807, 2.05) is 17.9 Å². The van der Waals surface area contributed by atoms with Gasteiger partial charge in [0.2, 0.25) is 5.91 Å². The Hall–Kier alpha value is -2.15. The number of amides is 1. The lowest BCUT2D eigenvalue weighted by Crippen LogP contribution is -2.43. The van der Waals surface area contributed by atoms with Gasteiger partial charge in [-0.05, 0) is 60.7 Å². The Bertz CT molecular complexity index is 931. The monoisotopic (exact) mass is 436 g/mol. The van der Waals surface area contributed by atoms with Crippen molar-refractivity contribution in [1.82, 2.24) is 0 Å². The third kappa shape index (κ3) is 3.29. The molecule has 142 valence electrons. The topological polar surface area (TPSA) is 55.6 Å². The van der Waals surface area contributed by atoms with Crippen LogP contribution in [0.1, 0.15) is 31.7 Å². The maximum absolute atomic E-state index is 13.6. The third-order valence-electron chi connectivity index (χ3n) is 5.13. The third-order valence-corrected chi connectivity index (χ3v) is 5.75. The number of benzene rings is 2. The number of fused-ring (bicyclic) bond motifs is 1. The average molecular weight is 437 g/mol.